The number of rotatable bonds is 16. The third-order valence-electron chi connectivity index (χ3n) is 7.81. The number of nitrogens with zero attached hydrogens (tertiary/aromatic N) is 2. The Labute approximate surface area is 280 Å². The first-order valence-corrected chi connectivity index (χ1v) is 16.0. The third-order valence-corrected chi connectivity index (χ3v) is 7.81. The van der Waals surface area contributed by atoms with E-state index >= 15 is 0 Å². The van der Waals surface area contributed by atoms with Crippen molar-refractivity contribution in [3.8, 4) is 0 Å². The van der Waals surface area contributed by atoms with Gasteiger partial charge in [0.05, 0.1) is 6.04 Å². The molecule has 1 fully saturated rings. The highest BCUT2D eigenvalue weighted by Gasteiger charge is 2.46. The number of carbonyl (C=O) groups excluding carboxylic acids is 4. The van der Waals surface area contributed by atoms with Crippen LogP contribution in [0.5, 0.6) is 0 Å². The lowest BCUT2D eigenvalue weighted by atomic mass is 9.99. The second-order valence-electron chi connectivity index (χ2n) is 12.3. The number of aromatic nitrogens is 2. The van der Waals surface area contributed by atoms with Gasteiger partial charge in [0.15, 0.2) is 0 Å². The van der Waals surface area contributed by atoms with E-state index in [1.807, 2.05) is 58.0 Å². The Morgan fingerprint density at radius 3 is 1.69 bits per heavy atom. The summed E-state index contributed by atoms with van der Waals surface area (Å²) in [7, 11) is 0. The van der Waals surface area contributed by atoms with Gasteiger partial charge in [-0.3, -0.25) is 19.6 Å². The highest BCUT2D eigenvalue weighted by molar-refractivity contribution is 5.86. The van der Waals surface area contributed by atoms with E-state index in [-0.39, 0.29) is 49.5 Å². The van der Waals surface area contributed by atoms with E-state index in [1.54, 1.807) is 49.1 Å². The number of alkyl carbamates (subject to hydrolysis) is 2. The maximum atomic E-state index is 13.5. The van der Waals surface area contributed by atoms with E-state index in [0.29, 0.717) is 6.42 Å². The molecule has 5 atom stereocenters. The van der Waals surface area contributed by atoms with Crippen LogP contribution in [0, 0.1) is 11.8 Å². The van der Waals surface area contributed by atoms with Crippen molar-refractivity contribution in [2.24, 2.45) is 11.8 Å². The Morgan fingerprint density at radius 1 is 0.688 bits per heavy atom. The lowest BCUT2D eigenvalue weighted by Crippen LogP contribution is -2.54. The minimum atomic E-state index is -0.860. The van der Waals surface area contributed by atoms with Crippen molar-refractivity contribution in [3.63, 3.8) is 0 Å². The molecule has 4 amide bonds. The van der Waals surface area contributed by atoms with Gasteiger partial charge in [-0.15, -0.1) is 0 Å². The zero-order valence-electron chi connectivity index (χ0n) is 27.6. The van der Waals surface area contributed by atoms with E-state index in [2.05, 4.69) is 31.2 Å². The monoisotopic (exact) mass is 660 g/mol. The molecule has 1 aliphatic rings. The summed E-state index contributed by atoms with van der Waals surface area (Å²) >= 11 is 0. The number of pyridine rings is 2. The van der Waals surface area contributed by atoms with Gasteiger partial charge in [-0.25, -0.2) is 9.59 Å². The van der Waals surface area contributed by atoms with Gasteiger partial charge < -0.3 is 35.5 Å². The van der Waals surface area contributed by atoms with Crippen molar-refractivity contribution in [2.45, 2.75) is 77.7 Å². The molecule has 1 saturated heterocycles. The zero-order valence-corrected chi connectivity index (χ0v) is 27.6. The minimum Gasteiger partial charge on any atom is -0.445 e. The Kier molecular flexibility index (Phi) is 13.2. The predicted molar refractivity (Wildman–Crippen MR) is 176 cm³/mol. The summed E-state index contributed by atoms with van der Waals surface area (Å²) < 4.78 is 16.6. The summed E-state index contributed by atoms with van der Waals surface area (Å²) in [6, 6.07) is 14.5. The van der Waals surface area contributed by atoms with Gasteiger partial charge in [0.2, 0.25) is 11.8 Å². The lowest BCUT2D eigenvalue weighted by molar-refractivity contribution is -0.125. The van der Waals surface area contributed by atoms with Gasteiger partial charge in [-0.2, -0.15) is 0 Å². The smallest absolute Gasteiger partial charge is 0.408 e. The SMILES string of the molecule is CC(C)[C@H](NC(=O)OCc1ccncc1)C(=O)NC[C@@H]1O[C@@H]1[C@H](Cc1ccccc1)NC(=O)[C@@H](NC(=O)OCc1ccncc1)C(C)C. The van der Waals surface area contributed by atoms with Crippen molar-refractivity contribution in [3.05, 3.63) is 96.1 Å². The highest BCUT2D eigenvalue weighted by Crippen LogP contribution is 2.27. The first kappa shape index (κ1) is 35.8. The first-order chi connectivity index (χ1) is 23.1. The Bertz CT molecular complexity index is 1480. The summed E-state index contributed by atoms with van der Waals surface area (Å²) in [6.07, 6.45) is 4.71. The quantitative estimate of drug-likeness (QED) is 0.168. The average Bonchev–Trinajstić information content (AvgIpc) is 3.87. The molecule has 1 aromatic carbocycles. The van der Waals surface area contributed by atoms with E-state index in [0.717, 1.165) is 16.7 Å². The molecule has 2 aromatic heterocycles. The van der Waals surface area contributed by atoms with Crippen LogP contribution in [0.3, 0.4) is 0 Å². The first-order valence-electron chi connectivity index (χ1n) is 16.0. The minimum absolute atomic E-state index is 0.0424. The van der Waals surface area contributed by atoms with Crippen molar-refractivity contribution < 1.29 is 33.4 Å². The number of carbonyl (C=O) groups is 4. The Hall–Kier alpha value is -5.04. The number of ether oxygens (including phenoxy) is 3. The van der Waals surface area contributed by atoms with Crippen LogP contribution in [0.2, 0.25) is 0 Å². The highest BCUT2D eigenvalue weighted by atomic mass is 16.6. The molecule has 0 spiro atoms. The van der Waals surface area contributed by atoms with Gasteiger partial charge in [0.25, 0.3) is 0 Å². The third kappa shape index (κ3) is 11.3. The van der Waals surface area contributed by atoms with Crippen molar-refractivity contribution in [2.75, 3.05) is 6.54 Å². The maximum Gasteiger partial charge on any atom is 0.408 e. The molecule has 256 valence electrons. The lowest BCUT2D eigenvalue weighted by Gasteiger charge is -2.25. The van der Waals surface area contributed by atoms with Crippen molar-refractivity contribution >= 4 is 24.0 Å². The van der Waals surface area contributed by atoms with Crippen LogP contribution in [0.1, 0.15) is 44.4 Å². The molecule has 3 aromatic rings. The molecular formula is C35H44N6O7. The van der Waals surface area contributed by atoms with Gasteiger partial charge in [0, 0.05) is 31.3 Å². The van der Waals surface area contributed by atoms with Gasteiger partial charge in [-0.05, 0) is 59.2 Å². The summed E-state index contributed by atoms with van der Waals surface area (Å²) in [5, 5.41) is 11.3. The normalized spacial score (nSPS) is 17.0. The molecule has 4 rings (SSSR count). The molecule has 0 aliphatic carbocycles. The largest absolute Gasteiger partial charge is 0.445 e. The summed E-state index contributed by atoms with van der Waals surface area (Å²) in [4.78, 5) is 59.6. The van der Waals surface area contributed by atoms with Crippen LogP contribution in [0.4, 0.5) is 9.59 Å². The zero-order chi connectivity index (χ0) is 34.5. The van der Waals surface area contributed by atoms with Crippen molar-refractivity contribution in [1.29, 1.82) is 0 Å². The molecule has 0 unspecified atom stereocenters. The fourth-order valence-electron chi connectivity index (χ4n) is 5.04. The van der Waals surface area contributed by atoms with E-state index in [1.165, 1.54) is 0 Å². The fourth-order valence-corrected chi connectivity index (χ4v) is 5.04. The molecule has 3 heterocycles. The number of epoxide rings is 1. The number of nitrogens with one attached hydrogen (secondary N) is 4. The van der Waals surface area contributed by atoms with Gasteiger partial charge >= 0.3 is 12.2 Å². The second kappa shape index (κ2) is 17.8. The molecule has 0 bridgehead atoms. The van der Waals surface area contributed by atoms with Crippen LogP contribution < -0.4 is 21.3 Å². The molecule has 0 radical (unpaired) electrons. The number of hydrogen-bond donors (Lipinski definition) is 4. The van der Waals surface area contributed by atoms with Gasteiger partial charge in [-0.1, -0.05) is 58.0 Å². The second-order valence-corrected chi connectivity index (χ2v) is 12.3. The number of hydrogen-bond acceptors (Lipinski definition) is 9. The van der Waals surface area contributed by atoms with E-state index < -0.39 is 36.4 Å². The number of amides is 4. The van der Waals surface area contributed by atoms with Crippen LogP contribution >= 0.6 is 0 Å². The van der Waals surface area contributed by atoms with Crippen LogP contribution in [0.15, 0.2) is 79.4 Å². The molecule has 48 heavy (non-hydrogen) atoms. The van der Waals surface area contributed by atoms with Gasteiger partial charge in [0.1, 0.15) is 37.5 Å². The summed E-state index contributed by atoms with van der Waals surface area (Å²) in [5.41, 5.74) is 2.53. The van der Waals surface area contributed by atoms with E-state index in [4.69, 9.17) is 14.2 Å². The summed E-state index contributed by atoms with van der Waals surface area (Å²) in [5.74, 6) is -1.20. The molecule has 13 heteroatoms. The average molecular weight is 661 g/mol. The Morgan fingerprint density at radius 2 is 1.19 bits per heavy atom. The van der Waals surface area contributed by atoms with Crippen LogP contribution in [0.25, 0.3) is 0 Å². The Balaban J connectivity index is 1.32. The molecule has 1 aliphatic heterocycles. The molecule has 4 N–H and O–H groups in total. The standard InChI is InChI=1S/C35H44N6O7/c1-22(2)29(40-34(44)46-20-25-10-14-36-15-11-25)32(42)38-19-28-31(48-28)27(18-24-8-6-5-7-9-24)39-33(43)30(23(3)4)41-35(45)47-21-26-12-16-37-17-13-26/h5-17,22-23,27-31H,18-21H2,1-4H3,(H,38,42)(H,39,43)(H,40,44)(H,41,45)/t27-,28-,29-,30-,31+/m0/s1. The van der Waals surface area contributed by atoms with Crippen molar-refractivity contribution in [1.82, 2.24) is 31.2 Å². The van der Waals surface area contributed by atoms with E-state index in [9.17, 15) is 19.2 Å². The maximum absolute atomic E-state index is 13.5. The van der Waals surface area contributed by atoms with Crippen LogP contribution in [-0.4, -0.2) is 70.8 Å². The summed E-state index contributed by atoms with van der Waals surface area (Å²) in [6.45, 7) is 7.58. The topological polar surface area (TPSA) is 173 Å². The fraction of sp³-hybridized carbons (Fsp3) is 0.429. The predicted octanol–water partition coefficient (Wildman–Crippen LogP) is 3.29. The molecule has 13 nitrogen and oxygen atoms in total. The molecular weight excluding hydrogens is 616 g/mol. The number of benzene rings is 1. The molecule has 0 saturated carbocycles. The van der Waals surface area contributed by atoms with Crippen LogP contribution in [-0.2, 0) is 43.4 Å².